The molecule has 0 aliphatic rings. The van der Waals surface area contributed by atoms with Crippen molar-refractivity contribution in [3.05, 3.63) is 77.9 Å². The van der Waals surface area contributed by atoms with Crippen LogP contribution in [0.15, 0.2) is 76.7 Å². The second-order valence-electron chi connectivity index (χ2n) is 6.20. The van der Waals surface area contributed by atoms with Gasteiger partial charge in [-0.25, -0.2) is 0 Å². The number of para-hydroxylation sites is 2. The summed E-state index contributed by atoms with van der Waals surface area (Å²) in [5, 5.41) is 3.47. The predicted molar refractivity (Wildman–Crippen MR) is 119 cm³/mol. The SMILES string of the molecule is C=Nc1c(/C=C\C)cccc1Nc1cccc(-c2ccccc2C)c1N=C. The van der Waals surface area contributed by atoms with Gasteiger partial charge in [0.15, 0.2) is 0 Å². The highest BCUT2D eigenvalue weighted by atomic mass is 14.9. The van der Waals surface area contributed by atoms with Crippen molar-refractivity contribution in [1.82, 2.24) is 0 Å². The molecule has 0 bridgehead atoms. The lowest BCUT2D eigenvalue weighted by atomic mass is 9.98. The number of aliphatic imine (C=N–C) groups is 2. The predicted octanol–water partition coefficient (Wildman–Crippen LogP) is 7.10. The van der Waals surface area contributed by atoms with Crippen molar-refractivity contribution in [2.75, 3.05) is 5.32 Å². The van der Waals surface area contributed by atoms with Crippen molar-refractivity contribution in [2.45, 2.75) is 13.8 Å². The Kier molecular flexibility index (Phi) is 5.62. The van der Waals surface area contributed by atoms with Crippen LogP contribution in [-0.4, -0.2) is 13.4 Å². The molecular formula is C24H23N3. The average molecular weight is 353 g/mol. The van der Waals surface area contributed by atoms with E-state index in [4.69, 9.17) is 0 Å². The fourth-order valence-electron chi connectivity index (χ4n) is 3.21. The van der Waals surface area contributed by atoms with Crippen molar-refractivity contribution in [3.8, 4) is 11.1 Å². The third-order valence-electron chi connectivity index (χ3n) is 4.47. The zero-order valence-electron chi connectivity index (χ0n) is 15.7. The Hall–Kier alpha value is -3.46. The molecule has 0 aliphatic heterocycles. The van der Waals surface area contributed by atoms with Crippen LogP contribution in [0.1, 0.15) is 18.1 Å². The van der Waals surface area contributed by atoms with Crippen LogP contribution in [0.25, 0.3) is 17.2 Å². The summed E-state index contributed by atoms with van der Waals surface area (Å²) in [6, 6.07) is 20.4. The summed E-state index contributed by atoms with van der Waals surface area (Å²) in [6.07, 6.45) is 4.01. The van der Waals surface area contributed by atoms with Gasteiger partial charge in [-0.2, -0.15) is 0 Å². The minimum atomic E-state index is 0.812. The Labute approximate surface area is 160 Å². The highest BCUT2D eigenvalue weighted by Crippen LogP contribution is 2.41. The molecule has 0 heterocycles. The summed E-state index contributed by atoms with van der Waals surface area (Å²) >= 11 is 0. The Morgan fingerprint density at radius 2 is 1.41 bits per heavy atom. The minimum Gasteiger partial charge on any atom is -0.352 e. The molecule has 3 aromatic carbocycles. The number of hydrogen-bond acceptors (Lipinski definition) is 3. The molecule has 3 aromatic rings. The first-order chi connectivity index (χ1) is 13.2. The molecule has 0 aliphatic carbocycles. The molecule has 0 atom stereocenters. The van der Waals surface area contributed by atoms with E-state index in [1.165, 1.54) is 5.56 Å². The highest BCUT2D eigenvalue weighted by molar-refractivity contribution is 5.91. The molecule has 0 saturated heterocycles. The maximum absolute atomic E-state index is 4.33. The summed E-state index contributed by atoms with van der Waals surface area (Å²) in [5.41, 5.74) is 7.80. The Morgan fingerprint density at radius 1 is 0.778 bits per heavy atom. The van der Waals surface area contributed by atoms with Crippen LogP contribution in [0.2, 0.25) is 0 Å². The molecule has 27 heavy (non-hydrogen) atoms. The van der Waals surface area contributed by atoms with Gasteiger partial charge in [0.2, 0.25) is 0 Å². The maximum atomic E-state index is 4.33. The summed E-state index contributed by atoms with van der Waals surface area (Å²) in [4.78, 5) is 8.55. The highest BCUT2D eigenvalue weighted by Gasteiger charge is 2.13. The first-order valence-corrected chi connectivity index (χ1v) is 8.84. The van der Waals surface area contributed by atoms with Gasteiger partial charge in [0.05, 0.1) is 22.7 Å². The molecule has 134 valence electrons. The minimum absolute atomic E-state index is 0.812. The van der Waals surface area contributed by atoms with Crippen LogP contribution in [0.4, 0.5) is 22.7 Å². The van der Waals surface area contributed by atoms with Gasteiger partial charge in [-0.3, -0.25) is 9.98 Å². The Balaban J connectivity index is 2.11. The number of nitrogens with zero attached hydrogens (tertiary/aromatic N) is 2. The van der Waals surface area contributed by atoms with Crippen molar-refractivity contribution < 1.29 is 0 Å². The molecule has 0 unspecified atom stereocenters. The number of allylic oxidation sites excluding steroid dienone is 1. The van der Waals surface area contributed by atoms with Crippen LogP contribution in [0.3, 0.4) is 0 Å². The van der Waals surface area contributed by atoms with Crippen molar-refractivity contribution >= 4 is 42.3 Å². The standard InChI is InChI=1S/C24H23N3/c1-5-10-18-12-8-15-21(23(18)25-3)27-22-16-9-14-20(24(22)26-4)19-13-7-6-11-17(19)2/h5-16,27H,3-4H2,1-2H3/b10-5-. The lowest BCUT2D eigenvalue weighted by Gasteiger charge is -2.16. The summed E-state index contributed by atoms with van der Waals surface area (Å²) in [6.45, 7) is 11.6. The molecule has 0 spiro atoms. The van der Waals surface area contributed by atoms with E-state index < -0.39 is 0 Å². The van der Waals surface area contributed by atoms with Gasteiger partial charge in [-0.05, 0) is 50.5 Å². The Morgan fingerprint density at radius 3 is 2.07 bits per heavy atom. The van der Waals surface area contributed by atoms with Gasteiger partial charge < -0.3 is 5.32 Å². The third kappa shape index (κ3) is 3.72. The fraction of sp³-hybridized carbons (Fsp3) is 0.0833. The van der Waals surface area contributed by atoms with Crippen molar-refractivity contribution in [3.63, 3.8) is 0 Å². The average Bonchev–Trinajstić information content (AvgIpc) is 2.69. The van der Waals surface area contributed by atoms with Crippen LogP contribution in [0, 0.1) is 6.92 Å². The van der Waals surface area contributed by atoms with E-state index in [9.17, 15) is 0 Å². The van der Waals surface area contributed by atoms with Crippen molar-refractivity contribution in [1.29, 1.82) is 0 Å². The van der Waals surface area contributed by atoms with Gasteiger partial charge >= 0.3 is 0 Å². The van der Waals surface area contributed by atoms with E-state index in [0.717, 1.165) is 39.4 Å². The van der Waals surface area contributed by atoms with E-state index in [2.05, 4.69) is 53.9 Å². The molecule has 0 radical (unpaired) electrons. The molecule has 1 N–H and O–H groups in total. The first-order valence-electron chi connectivity index (χ1n) is 8.84. The second kappa shape index (κ2) is 8.28. The topological polar surface area (TPSA) is 36.8 Å². The van der Waals surface area contributed by atoms with Gasteiger partial charge in [-0.1, -0.05) is 60.7 Å². The third-order valence-corrected chi connectivity index (χ3v) is 4.47. The van der Waals surface area contributed by atoms with E-state index in [1.54, 1.807) is 0 Å². The molecule has 3 rings (SSSR count). The number of hydrogen-bond donors (Lipinski definition) is 1. The van der Waals surface area contributed by atoms with E-state index >= 15 is 0 Å². The smallest absolute Gasteiger partial charge is 0.0935 e. The van der Waals surface area contributed by atoms with Gasteiger partial charge in [0, 0.05) is 11.1 Å². The first kappa shape index (κ1) is 18.3. The van der Waals surface area contributed by atoms with Crippen LogP contribution < -0.4 is 5.32 Å². The summed E-state index contributed by atoms with van der Waals surface area (Å²) < 4.78 is 0. The van der Waals surface area contributed by atoms with E-state index in [-0.39, 0.29) is 0 Å². The quantitative estimate of drug-likeness (QED) is 0.471. The second-order valence-corrected chi connectivity index (χ2v) is 6.20. The van der Waals surface area contributed by atoms with Crippen LogP contribution in [-0.2, 0) is 0 Å². The Bertz CT molecular complexity index is 1020. The summed E-state index contributed by atoms with van der Waals surface area (Å²) in [7, 11) is 0. The molecule has 0 fully saturated rings. The number of rotatable bonds is 6. The molecule has 0 saturated carbocycles. The maximum Gasteiger partial charge on any atom is 0.0935 e. The van der Waals surface area contributed by atoms with Crippen LogP contribution in [0.5, 0.6) is 0 Å². The zero-order valence-corrected chi connectivity index (χ0v) is 15.7. The molecule has 0 aromatic heterocycles. The fourth-order valence-corrected chi connectivity index (χ4v) is 3.21. The van der Waals surface area contributed by atoms with Crippen molar-refractivity contribution in [2.24, 2.45) is 9.98 Å². The largest absolute Gasteiger partial charge is 0.352 e. The molecule has 0 amide bonds. The zero-order chi connectivity index (χ0) is 19.2. The number of benzene rings is 3. The van der Waals surface area contributed by atoms with Gasteiger partial charge in [-0.15, -0.1) is 0 Å². The van der Waals surface area contributed by atoms with Gasteiger partial charge in [0.25, 0.3) is 0 Å². The normalized spacial score (nSPS) is 10.7. The molecular weight excluding hydrogens is 330 g/mol. The van der Waals surface area contributed by atoms with Crippen LogP contribution >= 0.6 is 0 Å². The number of anilines is 2. The van der Waals surface area contributed by atoms with Gasteiger partial charge in [0.1, 0.15) is 0 Å². The van der Waals surface area contributed by atoms with E-state index in [1.807, 2.05) is 61.5 Å². The monoisotopic (exact) mass is 353 g/mol. The molecule has 3 nitrogen and oxygen atoms in total. The lowest BCUT2D eigenvalue weighted by molar-refractivity contribution is 1.42. The number of nitrogens with one attached hydrogen (secondary N) is 1. The summed E-state index contributed by atoms with van der Waals surface area (Å²) in [5.74, 6) is 0. The molecule has 3 heteroatoms. The number of aryl methyl sites for hydroxylation is 1. The van der Waals surface area contributed by atoms with E-state index in [0.29, 0.717) is 0 Å². The lowest BCUT2D eigenvalue weighted by Crippen LogP contribution is -1.94.